The fourth-order valence-corrected chi connectivity index (χ4v) is 2.81. The zero-order valence-corrected chi connectivity index (χ0v) is 12.7. The smallest absolute Gasteiger partial charge is 0.339 e. The third-order valence-corrected chi connectivity index (χ3v) is 3.38. The molecule has 1 aromatic heterocycles. The van der Waals surface area contributed by atoms with E-state index < -0.39 is 21.5 Å². The summed E-state index contributed by atoms with van der Waals surface area (Å²) in [5.41, 5.74) is 0.381. The van der Waals surface area contributed by atoms with Crippen molar-refractivity contribution in [3.63, 3.8) is 0 Å². The maximum Gasteiger partial charge on any atom is 0.339 e. The highest BCUT2D eigenvalue weighted by molar-refractivity contribution is 7.88. The van der Waals surface area contributed by atoms with Crippen molar-refractivity contribution in [1.29, 1.82) is 0 Å². The number of nitrogens with zero attached hydrogens (tertiary/aromatic N) is 1. The van der Waals surface area contributed by atoms with E-state index in [1.165, 1.54) is 6.20 Å². The molecule has 1 aromatic rings. The van der Waals surface area contributed by atoms with Gasteiger partial charge in [0.2, 0.25) is 10.0 Å². The lowest BCUT2D eigenvalue weighted by molar-refractivity contribution is 0.0697. The minimum absolute atomic E-state index is 0.0470. The molecule has 0 fully saturated rings. The Hall–Kier alpha value is -1.67. The van der Waals surface area contributed by atoms with E-state index in [0.717, 1.165) is 6.26 Å². The molecular formula is C12H19N3O4S. The summed E-state index contributed by atoms with van der Waals surface area (Å²) in [6, 6.07) is 1.61. The second-order valence-electron chi connectivity index (χ2n) is 5.29. The van der Waals surface area contributed by atoms with Crippen molar-refractivity contribution in [2.75, 3.05) is 18.1 Å². The molecule has 20 heavy (non-hydrogen) atoms. The summed E-state index contributed by atoms with van der Waals surface area (Å²) in [7, 11) is -3.34. The quantitative estimate of drug-likeness (QED) is 0.718. The first-order chi connectivity index (χ1) is 9.00. The van der Waals surface area contributed by atoms with Crippen LogP contribution in [0.1, 0.15) is 29.9 Å². The average molecular weight is 301 g/mol. The monoisotopic (exact) mass is 301 g/mol. The van der Waals surface area contributed by atoms with E-state index in [1.807, 2.05) is 0 Å². The predicted octanol–water partition coefficient (Wildman–Crippen LogP) is 0.828. The van der Waals surface area contributed by atoms with E-state index in [4.69, 9.17) is 5.11 Å². The predicted molar refractivity (Wildman–Crippen MR) is 76.5 cm³/mol. The summed E-state index contributed by atoms with van der Waals surface area (Å²) in [5.74, 6) is -1.09. The molecule has 0 saturated carbocycles. The number of aryl methyl sites for hydroxylation is 1. The van der Waals surface area contributed by atoms with E-state index in [0.29, 0.717) is 11.4 Å². The van der Waals surface area contributed by atoms with Gasteiger partial charge in [-0.15, -0.1) is 0 Å². The summed E-state index contributed by atoms with van der Waals surface area (Å²) >= 11 is 0. The van der Waals surface area contributed by atoms with Crippen LogP contribution in [0.3, 0.4) is 0 Å². The number of nitrogens with one attached hydrogen (secondary N) is 2. The van der Waals surface area contributed by atoms with E-state index in [2.05, 4.69) is 15.0 Å². The molecule has 7 nitrogen and oxygen atoms in total. The number of rotatable bonds is 6. The lowest BCUT2D eigenvalue weighted by atomic mass is 10.1. The Morgan fingerprint density at radius 1 is 1.45 bits per heavy atom. The van der Waals surface area contributed by atoms with Crippen LogP contribution in [0.15, 0.2) is 12.3 Å². The molecule has 0 bridgehead atoms. The highest BCUT2D eigenvalue weighted by Crippen LogP contribution is 2.17. The highest BCUT2D eigenvalue weighted by atomic mass is 32.2. The standard InChI is InChI=1S/C12H19N3O4S/c1-8-5-10(9(6-13-8)11(16)17)14-7-12(2,3)15-20(4,18)19/h5-6,15H,7H2,1-4H3,(H,13,14)(H,16,17). The van der Waals surface area contributed by atoms with Crippen molar-refractivity contribution in [2.24, 2.45) is 0 Å². The Bertz CT molecular complexity index is 611. The van der Waals surface area contributed by atoms with Gasteiger partial charge in [0.05, 0.1) is 11.9 Å². The Labute approximate surface area is 118 Å². The molecule has 112 valence electrons. The van der Waals surface area contributed by atoms with Gasteiger partial charge in [-0.25, -0.2) is 17.9 Å². The number of pyridine rings is 1. The summed E-state index contributed by atoms with van der Waals surface area (Å²) in [6.45, 7) is 5.39. The molecule has 3 N–H and O–H groups in total. The Kier molecular flexibility index (Phi) is 4.72. The van der Waals surface area contributed by atoms with Crippen molar-refractivity contribution in [1.82, 2.24) is 9.71 Å². The molecule has 0 radical (unpaired) electrons. The molecule has 0 spiro atoms. The molecule has 0 unspecified atom stereocenters. The summed E-state index contributed by atoms with van der Waals surface area (Å²) in [4.78, 5) is 15.0. The molecule has 0 aliphatic carbocycles. The van der Waals surface area contributed by atoms with E-state index >= 15 is 0 Å². The average Bonchev–Trinajstić information content (AvgIpc) is 2.22. The van der Waals surface area contributed by atoms with Crippen LogP contribution in [-0.2, 0) is 10.0 Å². The van der Waals surface area contributed by atoms with Crippen molar-refractivity contribution < 1.29 is 18.3 Å². The summed E-state index contributed by atoms with van der Waals surface area (Å²) in [6.07, 6.45) is 2.35. The molecule has 1 rings (SSSR count). The lowest BCUT2D eigenvalue weighted by Crippen LogP contribution is -2.47. The fraction of sp³-hybridized carbons (Fsp3) is 0.500. The van der Waals surface area contributed by atoms with Crippen molar-refractivity contribution in [3.8, 4) is 0 Å². The number of aromatic carboxylic acids is 1. The Morgan fingerprint density at radius 3 is 2.55 bits per heavy atom. The van der Waals surface area contributed by atoms with Gasteiger partial charge in [-0.2, -0.15) is 0 Å². The van der Waals surface area contributed by atoms with Gasteiger partial charge < -0.3 is 10.4 Å². The summed E-state index contributed by atoms with van der Waals surface area (Å²) in [5, 5.41) is 12.0. The fourth-order valence-electron chi connectivity index (χ4n) is 1.73. The minimum atomic E-state index is -3.34. The molecule has 0 aliphatic rings. The normalized spacial score (nSPS) is 12.2. The van der Waals surface area contributed by atoms with Crippen molar-refractivity contribution in [3.05, 3.63) is 23.5 Å². The van der Waals surface area contributed by atoms with E-state index in [-0.39, 0.29) is 12.1 Å². The third kappa shape index (κ3) is 5.14. The first-order valence-corrected chi connectivity index (χ1v) is 7.82. The molecule has 0 aliphatic heterocycles. The van der Waals surface area contributed by atoms with Gasteiger partial charge in [0, 0.05) is 24.0 Å². The summed E-state index contributed by atoms with van der Waals surface area (Å²) < 4.78 is 25.0. The van der Waals surface area contributed by atoms with Gasteiger partial charge in [-0.05, 0) is 26.8 Å². The number of hydrogen-bond donors (Lipinski definition) is 3. The maximum absolute atomic E-state index is 11.2. The van der Waals surface area contributed by atoms with Crippen LogP contribution < -0.4 is 10.0 Å². The highest BCUT2D eigenvalue weighted by Gasteiger charge is 2.22. The van der Waals surface area contributed by atoms with E-state index in [9.17, 15) is 13.2 Å². The number of carbonyl (C=O) groups is 1. The Balaban J connectivity index is 2.89. The largest absolute Gasteiger partial charge is 0.478 e. The zero-order chi connectivity index (χ0) is 15.6. The Morgan fingerprint density at radius 2 is 2.05 bits per heavy atom. The van der Waals surface area contributed by atoms with Crippen LogP contribution in [0, 0.1) is 6.92 Å². The minimum Gasteiger partial charge on any atom is -0.478 e. The van der Waals surface area contributed by atoms with Gasteiger partial charge in [-0.3, -0.25) is 4.98 Å². The topological polar surface area (TPSA) is 108 Å². The van der Waals surface area contributed by atoms with Gasteiger partial charge in [0.1, 0.15) is 5.56 Å². The van der Waals surface area contributed by atoms with Crippen LogP contribution >= 0.6 is 0 Å². The van der Waals surface area contributed by atoms with Crippen LogP contribution in [0.5, 0.6) is 0 Å². The number of anilines is 1. The number of carboxylic acids is 1. The van der Waals surface area contributed by atoms with Gasteiger partial charge >= 0.3 is 5.97 Å². The van der Waals surface area contributed by atoms with Crippen LogP contribution in [0.4, 0.5) is 5.69 Å². The number of sulfonamides is 1. The molecule has 8 heteroatoms. The van der Waals surface area contributed by atoms with Gasteiger partial charge in [-0.1, -0.05) is 0 Å². The molecule has 0 amide bonds. The first kappa shape index (κ1) is 16.4. The molecular weight excluding hydrogens is 282 g/mol. The lowest BCUT2D eigenvalue weighted by Gasteiger charge is -2.26. The van der Waals surface area contributed by atoms with E-state index in [1.54, 1.807) is 26.8 Å². The second kappa shape index (κ2) is 5.76. The molecule has 0 aromatic carbocycles. The molecule has 0 saturated heterocycles. The van der Waals surface area contributed by atoms with Crippen LogP contribution in [0.2, 0.25) is 0 Å². The third-order valence-electron chi connectivity index (χ3n) is 2.45. The second-order valence-corrected chi connectivity index (χ2v) is 7.04. The first-order valence-electron chi connectivity index (χ1n) is 5.93. The number of carboxylic acid groups (broad SMARTS) is 1. The van der Waals surface area contributed by atoms with Gasteiger partial charge in [0.15, 0.2) is 0 Å². The van der Waals surface area contributed by atoms with Crippen molar-refractivity contribution in [2.45, 2.75) is 26.3 Å². The van der Waals surface area contributed by atoms with Gasteiger partial charge in [0.25, 0.3) is 0 Å². The number of aromatic nitrogens is 1. The zero-order valence-electron chi connectivity index (χ0n) is 11.9. The van der Waals surface area contributed by atoms with Crippen molar-refractivity contribution >= 4 is 21.7 Å². The number of hydrogen-bond acceptors (Lipinski definition) is 5. The molecule has 1 heterocycles. The van der Waals surface area contributed by atoms with Crippen LogP contribution in [0.25, 0.3) is 0 Å². The van der Waals surface area contributed by atoms with Crippen LogP contribution in [-0.4, -0.2) is 42.8 Å². The SMILES string of the molecule is Cc1cc(NCC(C)(C)NS(C)(=O)=O)c(C(=O)O)cn1. The maximum atomic E-state index is 11.2. The molecule has 0 atom stereocenters.